The van der Waals surface area contributed by atoms with Crippen LogP contribution in [-0.2, 0) is 15.9 Å². The molecule has 1 aromatic rings. The van der Waals surface area contributed by atoms with Gasteiger partial charge in [0.25, 0.3) is 0 Å². The SMILES string of the molecule is CCOC(=O)c1nc(CC)n(C(C)COC)c1N. The predicted molar refractivity (Wildman–Crippen MR) is 68.6 cm³/mol. The fraction of sp³-hybridized carbons (Fsp3) is 0.667. The fourth-order valence-electron chi connectivity index (χ4n) is 1.90. The first-order valence-electron chi connectivity index (χ1n) is 6.09. The molecule has 0 aliphatic rings. The molecule has 1 aromatic heterocycles. The van der Waals surface area contributed by atoms with Gasteiger partial charge in [-0.1, -0.05) is 6.92 Å². The molecule has 6 heteroatoms. The van der Waals surface area contributed by atoms with Crippen LogP contribution in [0.5, 0.6) is 0 Å². The zero-order valence-electron chi connectivity index (χ0n) is 11.4. The first kappa shape index (κ1) is 14.5. The Balaban J connectivity index is 3.13. The van der Waals surface area contributed by atoms with Gasteiger partial charge in [0.05, 0.1) is 19.3 Å². The van der Waals surface area contributed by atoms with Crippen molar-refractivity contribution in [2.75, 3.05) is 26.1 Å². The number of nitrogen functional groups attached to an aromatic ring is 1. The van der Waals surface area contributed by atoms with E-state index in [-0.39, 0.29) is 11.7 Å². The number of nitrogens with two attached hydrogens (primary N) is 1. The van der Waals surface area contributed by atoms with Crippen LogP contribution in [0.25, 0.3) is 0 Å². The molecule has 2 N–H and O–H groups in total. The van der Waals surface area contributed by atoms with Crippen molar-refractivity contribution in [3.8, 4) is 0 Å². The summed E-state index contributed by atoms with van der Waals surface area (Å²) < 4.78 is 11.9. The Bertz CT molecular complexity index is 415. The Labute approximate surface area is 107 Å². The average Bonchev–Trinajstić information content (AvgIpc) is 2.67. The average molecular weight is 255 g/mol. The van der Waals surface area contributed by atoms with Crippen LogP contribution in [-0.4, -0.2) is 35.8 Å². The molecule has 0 bridgehead atoms. The molecule has 0 aliphatic heterocycles. The van der Waals surface area contributed by atoms with E-state index < -0.39 is 5.97 Å². The third kappa shape index (κ3) is 2.81. The van der Waals surface area contributed by atoms with E-state index in [1.54, 1.807) is 14.0 Å². The van der Waals surface area contributed by atoms with E-state index in [1.165, 1.54) is 0 Å². The Morgan fingerprint density at radius 2 is 2.17 bits per heavy atom. The molecule has 102 valence electrons. The van der Waals surface area contributed by atoms with Crippen molar-refractivity contribution in [2.45, 2.75) is 33.2 Å². The Morgan fingerprint density at radius 1 is 1.50 bits per heavy atom. The van der Waals surface area contributed by atoms with E-state index in [4.69, 9.17) is 15.2 Å². The number of carbonyl (C=O) groups excluding carboxylic acids is 1. The lowest BCUT2D eigenvalue weighted by Crippen LogP contribution is -2.16. The highest BCUT2D eigenvalue weighted by atomic mass is 16.5. The molecule has 0 radical (unpaired) electrons. The zero-order valence-corrected chi connectivity index (χ0v) is 11.4. The number of hydrogen-bond acceptors (Lipinski definition) is 5. The first-order valence-corrected chi connectivity index (χ1v) is 6.09. The van der Waals surface area contributed by atoms with Crippen LogP contribution in [0, 0.1) is 0 Å². The van der Waals surface area contributed by atoms with Crippen molar-refractivity contribution < 1.29 is 14.3 Å². The second-order valence-corrected chi connectivity index (χ2v) is 4.01. The number of anilines is 1. The molecule has 0 aromatic carbocycles. The number of methoxy groups -OCH3 is 1. The molecule has 0 amide bonds. The largest absolute Gasteiger partial charge is 0.461 e. The molecule has 0 saturated carbocycles. The van der Waals surface area contributed by atoms with Gasteiger partial charge in [-0.2, -0.15) is 0 Å². The van der Waals surface area contributed by atoms with Gasteiger partial charge in [0, 0.05) is 13.5 Å². The number of nitrogens with zero attached hydrogens (tertiary/aromatic N) is 2. The van der Waals surface area contributed by atoms with E-state index in [1.807, 2.05) is 18.4 Å². The predicted octanol–water partition coefficient (Wildman–Crippen LogP) is 1.41. The number of carbonyl (C=O) groups is 1. The van der Waals surface area contributed by atoms with Crippen molar-refractivity contribution in [1.29, 1.82) is 0 Å². The summed E-state index contributed by atoms with van der Waals surface area (Å²) in [6.45, 7) is 6.50. The van der Waals surface area contributed by atoms with E-state index in [2.05, 4.69) is 4.98 Å². The van der Waals surface area contributed by atoms with Gasteiger partial charge in [-0.15, -0.1) is 0 Å². The second kappa shape index (κ2) is 6.39. The lowest BCUT2D eigenvalue weighted by Gasteiger charge is -2.16. The highest BCUT2D eigenvalue weighted by molar-refractivity contribution is 5.92. The van der Waals surface area contributed by atoms with Crippen molar-refractivity contribution in [3.63, 3.8) is 0 Å². The number of hydrogen-bond donors (Lipinski definition) is 1. The monoisotopic (exact) mass is 255 g/mol. The topological polar surface area (TPSA) is 79.4 Å². The number of rotatable bonds is 6. The molecular weight excluding hydrogens is 234 g/mol. The molecule has 18 heavy (non-hydrogen) atoms. The van der Waals surface area contributed by atoms with Gasteiger partial charge in [0.2, 0.25) is 0 Å². The van der Waals surface area contributed by atoms with Gasteiger partial charge in [0.1, 0.15) is 11.6 Å². The summed E-state index contributed by atoms with van der Waals surface area (Å²) in [6, 6.07) is 0.0284. The minimum absolute atomic E-state index is 0.0284. The van der Waals surface area contributed by atoms with Crippen LogP contribution in [0.2, 0.25) is 0 Å². The first-order chi connectivity index (χ1) is 8.56. The second-order valence-electron chi connectivity index (χ2n) is 4.01. The maximum Gasteiger partial charge on any atom is 0.360 e. The van der Waals surface area contributed by atoms with Crippen molar-refractivity contribution in [3.05, 3.63) is 11.5 Å². The normalized spacial score (nSPS) is 12.4. The highest BCUT2D eigenvalue weighted by Crippen LogP contribution is 2.22. The maximum atomic E-state index is 11.7. The summed E-state index contributed by atoms with van der Waals surface area (Å²) in [6.07, 6.45) is 0.692. The molecule has 0 aliphatic carbocycles. The van der Waals surface area contributed by atoms with Gasteiger partial charge in [-0.3, -0.25) is 0 Å². The van der Waals surface area contributed by atoms with Crippen molar-refractivity contribution >= 4 is 11.8 Å². The Kier molecular flexibility index (Phi) is 5.15. The van der Waals surface area contributed by atoms with E-state index in [0.29, 0.717) is 25.5 Å². The lowest BCUT2D eigenvalue weighted by atomic mass is 10.3. The number of ether oxygens (including phenoxy) is 2. The van der Waals surface area contributed by atoms with Gasteiger partial charge < -0.3 is 19.8 Å². The summed E-state index contributed by atoms with van der Waals surface area (Å²) in [5.74, 6) is 0.628. The summed E-state index contributed by atoms with van der Waals surface area (Å²) in [5.41, 5.74) is 6.18. The van der Waals surface area contributed by atoms with E-state index in [9.17, 15) is 4.79 Å². The molecule has 1 rings (SSSR count). The van der Waals surface area contributed by atoms with Crippen molar-refractivity contribution in [2.24, 2.45) is 0 Å². The van der Waals surface area contributed by atoms with E-state index in [0.717, 1.165) is 5.82 Å². The minimum Gasteiger partial charge on any atom is -0.461 e. The number of esters is 1. The minimum atomic E-state index is -0.479. The fourth-order valence-corrected chi connectivity index (χ4v) is 1.90. The molecule has 0 fully saturated rings. The molecule has 6 nitrogen and oxygen atoms in total. The number of aryl methyl sites for hydroxylation is 1. The van der Waals surface area contributed by atoms with Gasteiger partial charge in [-0.25, -0.2) is 9.78 Å². The van der Waals surface area contributed by atoms with Gasteiger partial charge in [-0.05, 0) is 13.8 Å². The quantitative estimate of drug-likeness (QED) is 0.777. The molecule has 1 atom stereocenters. The number of aromatic nitrogens is 2. The third-order valence-electron chi connectivity index (χ3n) is 2.65. The molecule has 0 saturated heterocycles. The summed E-state index contributed by atoms with van der Waals surface area (Å²) in [5, 5.41) is 0. The maximum absolute atomic E-state index is 11.7. The van der Waals surface area contributed by atoms with Crippen molar-refractivity contribution in [1.82, 2.24) is 9.55 Å². The molecule has 0 spiro atoms. The lowest BCUT2D eigenvalue weighted by molar-refractivity contribution is 0.0521. The third-order valence-corrected chi connectivity index (χ3v) is 2.65. The Morgan fingerprint density at radius 3 is 2.67 bits per heavy atom. The van der Waals surface area contributed by atoms with Gasteiger partial charge in [0.15, 0.2) is 5.69 Å². The molecule has 1 unspecified atom stereocenters. The zero-order chi connectivity index (χ0) is 13.7. The van der Waals surface area contributed by atoms with Crippen LogP contribution in [0.4, 0.5) is 5.82 Å². The van der Waals surface area contributed by atoms with Crippen LogP contribution in [0.3, 0.4) is 0 Å². The van der Waals surface area contributed by atoms with Crippen LogP contribution >= 0.6 is 0 Å². The van der Waals surface area contributed by atoms with Crippen LogP contribution in [0.1, 0.15) is 43.1 Å². The number of imidazole rings is 1. The van der Waals surface area contributed by atoms with Crippen LogP contribution in [0.15, 0.2) is 0 Å². The Hall–Kier alpha value is -1.56. The summed E-state index contributed by atoms with van der Waals surface area (Å²) in [4.78, 5) is 16.0. The molecule has 1 heterocycles. The smallest absolute Gasteiger partial charge is 0.360 e. The van der Waals surface area contributed by atoms with Gasteiger partial charge >= 0.3 is 5.97 Å². The summed E-state index contributed by atoms with van der Waals surface area (Å²) in [7, 11) is 1.63. The van der Waals surface area contributed by atoms with Crippen LogP contribution < -0.4 is 5.73 Å². The summed E-state index contributed by atoms with van der Waals surface area (Å²) >= 11 is 0. The highest BCUT2D eigenvalue weighted by Gasteiger charge is 2.23. The standard InChI is InChI=1S/C12H21N3O3/c1-5-9-14-10(12(16)18-6-2)11(13)15(9)8(3)7-17-4/h8H,5-7,13H2,1-4H3. The van der Waals surface area contributed by atoms with E-state index >= 15 is 0 Å². The molecular formula is C12H21N3O3.